The van der Waals surface area contributed by atoms with E-state index < -0.39 is 0 Å². The van der Waals surface area contributed by atoms with Gasteiger partial charge in [0.05, 0.1) is 17.9 Å². The van der Waals surface area contributed by atoms with Crippen molar-refractivity contribution in [2.24, 2.45) is 5.41 Å². The lowest BCUT2D eigenvalue weighted by molar-refractivity contribution is -0.121. The molecule has 23 heavy (non-hydrogen) atoms. The molecule has 0 radical (unpaired) electrons. The summed E-state index contributed by atoms with van der Waals surface area (Å²) in [6.07, 6.45) is 3.97. The van der Waals surface area contributed by atoms with E-state index in [0.717, 1.165) is 5.56 Å². The molecular weight excluding hydrogens is 298 g/mol. The maximum Gasteiger partial charge on any atom is 0.227 e. The van der Waals surface area contributed by atoms with E-state index >= 15 is 0 Å². The number of nitrogens with one attached hydrogen (secondary N) is 1. The van der Waals surface area contributed by atoms with Crippen molar-refractivity contribution in [3.05, 3.63) is 24.5 Å². The van der Waals surface area contributed by atoms with E-state index in [9.17, 15) is 9.90 Å². The summed E-state index contributed by atoms with van der Waals surface area (Å²) in [6.45, 7) is 6.28. The molecule has 2 aromatic heterocycles. The summed E-state index contributed by atoms with van der Waals surface area (Å²) < 4.78 is 10.1. The van der Waals surface area contributed by atoms with E-state index in [4.69, 9.17) is 8.94 Å². The SMILES string of the molecule is CC(O)CC(C)(C)CNC(=O)CCc1nc(-c2ccoc2)no1. The molecule has 0 aliphatic carbocycles. The van der Waals surface area contributed by atoms with Crippen molar-refractivity contribution in [3.8, 4) is 11.4 Å². The topological polar surface area (TPSA) is 101 Å². The average Bonchev–Trinajstić information content (AvgIpc) is 3.12. The number of nitrogens with zero attached hydrogens (tertiary/aromatic N) is 2. The number of amides is 1. The largest absolute Gasteiger partial charge is 0.472 e. The van der Waals surface area contributed by atoms with Gasteiger partial charge in [0, 0.05) is 19.4 Å². The first-order chi connectivity index (χ1) is 10.9. The summed E-state index contributed by atoms with van der Waals surface area (Å²) in [7, 11) is 0. The van der Waals surface area contributed by atoms with E-state index in [-0.39, 0.29) is 23.8 Å². The van der Waals surface area contributed by atoms with Gasteiger partial charge in [-0.1, -0.05) is 19.0 Å². The molecule has 0 spiro atoms. The van der Waals surface area contributed by atoms with Crippen LogP contribution < -0.4 is 5.32 Å². The summed E-state index contributed by atoms with van der Waals surface area (Å²) in [5.41, 5.74) is 0.590. The predicted octanol–water partition coefficient (Wildman–Crippen LogP) is 2.18. The molecule has 0 aliphatic heterocycles. The fraction of sp³-hybridized carbons (Fsp3) is 0.562. The number of carbonyl (C=O) groups is 1. The number of furan rings is 1. The zero-order valence-electron chi connectivity index (χ0n) is 13.7. The molecule has 1 unspecified atom stereocenters. The zero-order chi connectivity index (χ0) is 16.9. The van der Waals surface area contributed by atoms with Gasteiger partial charge in [-0.2, -0.15) is 4.98 Å². The number of rotatable bonds is 8. The van der Waals surface area contributed by atoms with Gasteiger partial charge in [-0.05, 0) is 24.8 Å². The Morgan fingerprint density at radius 1 is 1.48 bits per heavy atom. The predicted molar refractivity (Wildman–Crippen MR) is 83.4 cm³/mol. The molecule has 0 saturated carbocycles. The lowest BCUT2D eigenvalue weighted by Crippen LogP contribution is -2.35. The first kappa shape index (κ1) is 17.2. The van der Waals surface area contributed by atoms with Gasteiger partial charge in [-0.15, -0.1) is 0 Å². The first-order valence-electron chi connectivity index (χ1n) is 7.66. The van der Waals surface area contributed by atoms with Crippen molar-refractivity contribution in [1.29, 1.82) is 0 Å². The quantitative estimate of drug-likeness (QED) is 0.772. The molecule has 0 aliphatic rings. The second-order valence-corrected chi connectivity index (χ2v) is 6.52. The molecule has 0 fully saturated rings. The minimum Gasteiger partial charge on any atom is -0.472 e. The van der Waals surface area contributed by atoms with Crippen LogP contribution in [0.1, 0.15) is 39.5 Å². The molecule has 2 heterocycles. The van der Waals surface area contributed by atoms with Gasteiger partial charge in [-0.3, -0.25) is 4.79 Å². The monoisotopic (exact) mass is 321 g/mol. The van der Waals surface area contributed by atoms with Crippen molar-refractivity contribution in [2.45, 2.75) is 46.1 Å². The second kappa shape index (κ2) is 7.41. The highest BCUT2D eigenvalue weighted by molar-refractivity contribution is 5.76. The molecule has 0 bridgehead atoms. The van der Waals surface area contributed by atoms with Crippen LogP contribution in [-0.2, 0) is 11.2 Å². The van der Waals surface area contributed by atoms with Crippen LogP contribution >= 0.6 is 0 Å². The number of hydrogen-bond acceptors (Lipinski definition) is 6. The fourth-order valence-electron chi connectivity index (χ4n) is 2.38. The van der Waals surface area contributed by atoms with Gasteiger partial charge < -0.3 is 19.4 Å². The molecule has 1 amide bonds. The van der Waals surface area contributed by atoms with Gasteiger partial charge in [0.2, 0.25) is 17.6 Å². The van der Waals surface area contributed by atoms with Gasteiger partial charge >= 0.3 is 0 Å². The summed E-state index contributed by atoms with van der Waals surface area (Å²) >= 11 is 0. The van der Waals surface area contributed by atoms with E-state index in [1.165, 1.54) is 12.5 Å². The Kier molecular flexibility index (Phi) is 5.54. The Balaban J connectivity index is 1.76. The minimum atomic E-state index is -0.387. The number of aliphatic hydroxyl groups excluding tert-OH is 1. The Hall–Kier alpha value is -2.15. The second-order valence-electron chi connectivity index (χ2n) is 6.52. The Labute approximate surface area is 135 Å². The fourth-order valence-corrected chi connectivity index (χ4v) is 2.38. The maximum absolute atomic E-state index is 11.9. The molecule has 2 aromatic rings. The summed E-state index contributed by atoms with van der Waals surface area (Å²) in [5, 5.41) is 16.2. The lowest BCUT2D eigenvalue weighted by atomic mass is 9.87. The van der Waals surface area contributed by atoms with Crippen LogP contribution in [0.15, 0.2) is 27.5 Å². The normalized spacial score (nSPS) is 13.0. The number of hydrogen-bond donors (Lipinski definition) is 2. The third-order valence-corrected chi connectivity index (χ3v) is 3.43. The van der Waals surface area contributed by atoms with Crippen LogP contribution in [-0.4, -0.2) is 33.8 Å². The highest BCUT2D eigenvalue weighted by atomic mass is 16.5. The van der Waals surface area contributed by atoms with Crippen LogP contribution in [0.25, 0.3) is 11.4 Å². The minimum absolute atomic E-state index is 0.0771. The molecule has 126 valence electrons. The smallest absolute Gasteiger partial charge is 0.227 e. The average molecular weight is 321 g/mol. The van der Waals surface area contributed by atoms with E-state index in [1.807, 2.05) is 13.8 Å². The van der Waals surface area contributed by atoms with Crippen molar-refractivity contribution in [2.75, 3.05) is 6.54 Å². The maximum atomic E-state index is 11.9. The van der Waals surface area contributed by atoms with Crippen LogP contribution in [0.4, 0.5) is 0 Å². The molecule has 7 nitrogen and oxygen atoms in total. The van der Waals surface area contributed by atoms with Gasteiger partial charge in [0.1, 0.15) is 6.26 Å². The summed E-state index contributed by atoms with van der Waals surface area (Å²) in [5.74, 6) is 0.790. The highest BCUT2D eigenvalue weighted by Gasteiger charge is 2.21. The number of aryl methyl sites for hydroxylation is 1. The van der Waals surface area contributed by atoms with E-state index in [2.05, 4.69) is 15.5 Å². The Bertz CT molecular complexity index is 617. The van der Waals surface area contributed by atoms with Crippen molar-refractivity contribution >= 4 is 5.91 Å². The Morgan fingerprint density at radius 3 is 2.91 bits per heavy atom. The van der Waals surface area contributed by atoms with Gasteiger partial charge in [0.25, 0.3) is 0 Å². The summed E-state index contributed by atoms with van der Waals surface area (Å²) in [4.78, 5) is 16.1. The highest BCUT2D eigenvalue weighted by Crippen LogP contribution is 2.21. The third-order valence-electron chi connectivity index (χ3n) is 3.43. The molecule has 1 atom stereocenters. The van der Waals surface area contributed by atoms with Crippen LogP contribution in [0.2, 0.25) is 0 Å². The lowest BCUT2D eigenvalue weighted by Gasteiger charge is -2.26. The standard InChI is InChI=1S/C16H23N3O4/c1-11(20)8-16(2,3)10-17-13(21)4-5-14-18-15(19-23-14)12-6-7-22-9-12/h6-7,9,11,20H,4-5,8,10H2,1-3H3,(H,17,21). The van der Waals surface area contributed by atoms with Gasteiger partial charge in [-0.25, -0.2) is 0 Å². The van der Waals surface area contributed by atoms with Crippen molar-refractivity contribution < 1.29 is 18.8 Å². The van der Waals surface area contributed by atoms with Crippen LogP contribution in [0, 0.1) is 5.41 Å². The van der Waals surface area contributed by atoms with Gasteiger partial charge in [0.15, 0.2) is 0 Å². The number of carbonyl (C=O) groups excluding carboxylic acids is 1. The zero-order valence-corrected chi connectivity index (χ0v) is 13.7. The summed E-state index contributed by atoms with van der Waals surface area (Å²) in [6, 6.07) is 1.74. The first-order valence-corrected chi connectivity index (χ1v) is 7.66. The Morgan fingerprint density at radius 2 is 2.26 bits per heavy atom. The van der Waals surface area contributed by atoms with Crippen LogP contribution in [0.5, 0.6) is 0 Å². The third kappa shape index (κ3) is 5.52. The molecule has 0 saturated heterocycles. The molecule has 2 rings (SSSR count). The van der Waals surface area contributed by atoms with Crippen LogP contribution in [0.3, 0.4) is 0 Å². The molecule has 2 N–H and O–H groups in total. The van der Waals surface area contributed by atoms with E-state index in [1.54, 1.807) is 13.0 Å². The molecule has 0 aromatic carbocycles. The van der Waals surface area contributed by atoms with E-state index in [0.29, 0.717) is 31.1 Å². The number of aromatic nitrogens is 2. The molecular formula is C16H23N3O4. The molecule has 7 heteroatoms. The van der Waals surface area contributed by atoms with Crippen molar-refractivity contribution in [3.63, 3.8) is 0 Å². The van der Waals surface area contributed by atoms with Crippen molar-refractivity contribution in [1.82, 2.24) is 15.5 Å². The number of aliphatic hydroxyl groups is 1.